The molecule has 0 aliphatic rings. The summed E-state index contributed by atoms with van der Waals surface area (Å²) >= 11 is 0. The fraction of sp³-hybridized carbons (Fsp3) is 0.409. The Bertz CT molecular complexity index is 982. The number of aryl methyl sites for hydroxylation is 1. The number of carbonyl (C=O) groups is 1. The second-order valence-corrected chi connectivity index (χ2v) is 7.17. The van der Waals surface area contributed by atoms with Crippen molar-refractivity contribution in [2.45, 2.75) is 52.5 Å². The van der Waals surface area contributed by atoms with Gasteiger partial charge < -0.3 is 4.90 Å². The molecule has 0 saturated heterocycles. The molecule has 1 amide bonds. The number of fused-ring (bicyclic) bond motifs is 1. The first-order valence-corrected chi connectivity index (χ1v) is 9.88. The average molecular weight is 382 g/mol. The van der Waals surface area contributed by atoms with E-state index in [0.29, 0.717) is 29.0 Å². The van der Waals surface area contributed by atoms with Crippen LogP contribution in [-0.4, -0.2) is 38.5 Å². The van der Waals surface area contributed by atoms with Crippen LogP contribution in [0.5, 0.6) is 0 Å². The molecular formula is C22H27FN4O. The summed E-state index contributed by atoms with van der Waals surface area (Å²) in [7, 11) is 1.82. The van der Waals surface area contributed by atoms with Gasteiger partial charge in [-0.15, -0.1) is 0 Å². The first kappa shape index (κ1) is 20.0. The molecule has 3 aromatic rings. The number of amides is 1. The van der Waals surface area contributed by atoms with Gasteiger partial charge >= 0.3 is 0 Å². The first-order chi connectivity index (χ1) is 13.5. The van der Waals surface area contributed by atoms with Crippen molar-refractivity contribution in [2.75, 3.05) is 7.05 Å². The number of carbonyl (C=O) groups excluding carboxylic acids is 1. The molecule has 0 aliphatic heterocycles. The van der Waals surface area contributed by atoms with Crippen molar-refractivity contribution < 1.29 is 9.18 Å². The van der Waals surface area contributed by atoms with E-state index in [1.54, 1.807) is 39.7 Å². The fourth-order valence-electron chi connectivity index (χ4n) is 3.27. The molecule has 0 fully saturated rings. The summed E-state index contributed by atoms with van der Waals surface area (Å²) in [6, 6.07) is 10.2. The topological polar surface area (TPSA) is 50.5 Å². The second kappa shape index (κ2) is 8.50. The monoisotopic (exact) mass is 382 g/mol. The molecule has 0 saturated carbocycles. The molecule has 5 nitrogen and oxygen atoms in total. The Balaban J connectivity index is 1.99. The smallest absolute Gasteiger partial charge is 0.272 e. The van der Waals surface area contributed by atoms with Gasteiger partial charge in [0.2, 0.25) is 0 Å². The third-order valence-corrected chi connectivity index (χ3v) is 5.19. The zero-order valence-electron chi connectivity index (χ0n) is 16.9. The molecule has 1 aromatic carbocycles. The Morgan fingerprint density at radius 2 is 2.00 bits per heavy atom. The number of aromatic nitrogens is 3. The summed E-state index contributed by atoms with van der Waals surface area (Å²) in [4.78, 5) is 19.2. The molecule has 2 aromatic heterocycles. The molecule has 0 bridgehead atoms. The van der Waals surface area contributed by atoms with Gasteiger partial charge in [0, 0.05) is 30.4 Å². The molecule has 0 radical (unpaired) electrons. The van der Waals surface area contributed by atoms with Gasteiger partial charge in [0.05, 0.1) is 5.69 Å². The van der Waals surface area contributed by atoms with Gasteiger partial charge in [-0.1, -0.05) is 38.8 Å². The first-order valence-electron chi connectivity index (χ1n) is 9.88. The van der Waals surface area contributed by atoms with Crippen molar-refractivity contribution in [1.82, 2.24) is 19.5 Å². The second-order valence-electron chi connectivity index (χ2n) is 7.17. The van der Waals surface area contributed by atoms with Gasteiger partial charge in [-0.05, 0) is 38.0 Å². The zero-order valence-corrected chi connectivity index (χ0v) is 16.9. The summed E-state index contributed by atoms with van der Waals surface area (Å²) in [5, 5.41) is 4.52. The van der Waals surface area contributed by atoms with E-state index >= 15 is 0 Å². The van der Waals surface area contributed by atoms with Gasteiger partial charge in [0.25, 0.3) is 5.91 Å². The molecule has 0 N–H and O–H groups in total. The Morgan fingerprint density at radius 1 is 1.25 bits per heavy atom. The van der Waals surface area contributed by atoms with E-state index in [1.165, 1.54) is 6.07 Å². The highest BCUT2D eigenvalue weighted by molar-refractivity contribution is 5.93. The largest absolute Gasteiger partial charge is 0.338 e. The quantitative estimate of drug-likeness (QED) is 0.593. The lowest BCUT2D eigenvalue weighted by Crippen LogP contribution is -2.35. The van der Waals surface area contributed by atoms with Gasteiger partial charge in [-0.25, -0.2) is 13.9 Å². The molecule has 6 heteroatoms. The average Bonchev–Trinajstić information content (AvgIpc) is 3.14. The van der Waals surface area contributed by atoms with Crippen molar-refractivity contribution in [1.29, 1.82) is 0 Å². The van der Waals surface area contributed by atoms with Gasteiger partial charge in [-0.3, -0.25) is 4.79 Å². The predicted molar refractivity (Wildman–Crippen MR) is 109 cm³/mol. The van der Waals surface area contributed by atoms with Crippen molar-refractivity contribution in [2.24, 2.45) is 0 Å². The number of hydrogen-bond donors (Lipinski definition) is 0. The number of unbranched alkanes of at least 4 members (excludes halogenated alkanes) is 1. The SMILES string of the molecule is CCCCC(C)N(C)C(=O)c1cc(CC)n2nc(-c3ccccc3F)cc2n1. The molecule has 1 atom stereocenters. The van der Waals surface area contributed by atoms with Crippen LogP contribution >= 0.6 is 0 Å². The van der Waals surface area contributed by atoms with E-state index in [2.05, 4.69) is 23.9 Å². The minimum absolute atomic E-state index is 0.102. The molecule has 148 valence electrons. The summed E-state index contributed by atoms with van der Waals surface area (Å²) in [6.45, 7) is 6.20. The third kappa shape index (κ3) is 3.91. The van der Waals surface area contributed by atoms with Crippen LogP contribution in [0.1, 0.15) is 56.2 Å². The van der Waals surface area contributed by atoms with E-state index in [9.17, 15) is 9.18 Å². The molecule has 0 spiro atoms. The Morgan fingerprint density at radius 3 is 2.68 bits per heavy atom. The fourth-order valence-corrected chi connectivity index (χ4v) is 3.27. The number of hydrogen-bond acceptors (Lipinski definition) is 3. The van der Waals surface area contributed by atoms with E-state index in [1.807, 2.05) is 14.0 Å². The lowest BCUT2D eigenvalue weighted by atomic mass is 10.1. The van der Waals surface area contributed by atoms with Crippen molar-refractivity contribution in [3.63, 3.8) is 0 Å². The minimum atomic E-state index is -0.329. The highest BCUT2D eigenvalue weighted by Crippen LogP contribution is 2.23. The lowest BCUT2D eigenvalue weighted by Gasteiger charge is -2.24. The summed E-state index contributed by atoms with van der Waals surface area (Å²) in [5.74, 6) is -0.431. The van der Waals surface area contributed by atoms with Crippen LogP contribution in [0.3, 0.4) is 0 Å². The molecule has 2 heterocycles. The third-order valence-electron chi connectivity index (χ3n) is 5.19. The standard InChI is InChI=1S/C22H27FN4O/c1-5-7-10-15(3)26(4)22(28)20-13-16(6-2)27-21(24-20)14-19(25-27)17-11-8-9-12-18(17)23/h8-9,11-15H,5-7,10H2,1-4H3. The summed E-state index contributed by atoms with van der Waals surface area (Å²) < 4.78 is 15.9. The molecule has 28 heavy (non-hydrogen) atoms. The molecule has 0 aliphatic carbocycles. The number of nitrogens with zero attached hydrogens (tertiary/aromatic N) is 4. The Hall–Kier alpha value is -2.76. The zero-order chi connectivity index (χ0) is 20.3. The molecule has 1 unspecified atom stereocenters. The van der Waals surface area contributed by atoms with Crippen molar-refractivity contribution in [3.8, 4) is 11.3 Å². The molecular weight excluding hydrogens is 355 g/mol. The van der Waals surface area contributed by atoms with Crippen LogP contribution in [0.2, 0.25) is 0 Å². The predicted octanol–water partition coefficient (Wildman–Crippen LogP) is 4.75. The van der Waals surface area contributed by atoms with Gasteiger partial charge in [-0.2, -0.15) is 5.10 Å². The van der Waals surface area contributed by atoms with Crippen LogP contribution < -0.4 is 0 Å². The van der Waals surface area contributed by atoms with Crippen molar-refractivity contribution >= 4 is 11.6 Å². The highest BCUT2D eigenvalue weighted by Gasteiger charge is 2.21. The Labute approximate surface area is 165 Å². The number of halogens is 1. The van der Waals surface area contributed by atoms with E-state index in [0.717, 1.165) is 25.0 Å². The van der Waals surface area contributed by atoms with Crippen molar-refractivity contribution in [3.05, 3.63) is 53.6 Å². The summed E-state index contributed by atoms with van der Waals surface area (Å²) in [6.07, 6.45) is 3.84. The number of benzene rings is 1. The number of rotatable bonds is 7. The maximum Gasteiger partial charge on any atom is 0.272 e. The summed E-state index contributed by atoms with van der Waals surface area (Å²) in [5.41, 5.74) is 2.75. The van der Waals surface area contributed by atoms with E-state index in [-0.39, 0.29) is 17.8 Å². The molecule has 3 rings (SSSR count). The minimum Gasteiger partial charge on any atom is -0.338 e. The van der Waals surface area contributed by atoms with Gasteiger partial charge in [0.1, 0.15) is 11.5 Å². The Kier molecular flexibility index (Phi) is 6.07. The van der Waals surface area contributed by atoms with E-state index in [4.69, 9.17) is 0 Å². The van der Waals surface area contributed by atoms with E-state index < -0.39 is 0 Å². The van der Waals surface area contributed by atoms with Crippen LogP contribution in [0.4, 0.5) is 4.39 Å². The maximum atomic E-state index is 14.2. The van der Waals surface area contributed by atoms with Gasteiger partial charge in [0.15, 0.2) is 5.65 Å². The normalized spacial score (nSPS) is 12.3. The van der Waals surface area contributed by atoms with Crippen LogP contribution in [0.15, 0.2) is 36.4 Å². The lowest BCUT2D eigenvalue weighted by molar-refractivity contribution is 0.0729. The highest BCUT2D eigenvalue weighted by atomic mass is 19.1. The van der Waals surface area contributed by atoms with Crippen LogP contribution in [0.25, 0.3) is 16.9 Å². The van der Waals surface area contributed by atoms with Crippen LogP contribution in [0, 0.1) is 5.82 Å². The maximum absolute atomic E-state index is 14.2. The van der Waals surface area contributed by atoms with Crippen LogP contribution in [-0.2, 0) is 6.42 Å².